The van der Waals surface area contributed by atoms with Gasteiger partial charge in [0, 0.05) is 37.1 Å². The van der Waals surface area contributed by atoms with Crippen molar-refractivity contribution >= 4 is 17.6 Å². The van der Waals surface area contributed by atoms with Crippen LogP contribution in [-0.2, 0) is 17.1 Å². The summed E-state index contributed by atoms with van der Waals surface area (Å²) in [5.41, 5.74) is 0.0582. The van der Waals surface area contributed by atoms with Gasteiger partial charge in [-0.2, -0.15) is 5.26 Å². The molecule has 1 N–H and O–H groups in total. The van der Waals surface area contributed by atoms with E-state index in [0.29, 0.717) is 37.3 Å². The molecule has 0 aromatic carbocycles. The van der Waals surface area contributed by atoms with Gasteiger partial charge in [0.15, 0.2) is 0 Å². The maximum atomic E-state index is 15.1. The summed E-state index contributed by atoms with van der Waals surface area (Å²) in [6.07, 6.45) is 0.428. The van der Waals surface area contributed by atoms with Gasteiger partial charge in [0.1, 0.15) is 29.4 Å². The van der Waals surface area contributed by atoms with Gasteiger partial charge in [-0.25, -0.2) is 18.2 Å². The number of carboxylic acid groups (broad SMARTS) is 1. The second-order valence-corrected chi connectivity index (χ2v) is 9.49. The van der Waals surface area contributed by atoms with Crippen LogP contribution < -0.4 is 9.80 Å². The first-order valence-electron chi connectivity index (χ1n) is 10.9. The van der Waals surface area contributed by atoms with Gasteiger partial charge in [-0.15, -0.1) is 0 Å². The lowest BCUT2D eigenvalue weighted by molar-refractivity contribution is -0.141. The predicted molar refractivity (Wildman–Crippen MR) is 107 cm³/mol. The van der Waals surface area contributed by atoms with E-state index >= 15 is 8.78 Å². The minimum absolute atomic E-state index is 0.0403. The molecule has 3 saturated heterocycles. The molecule has 1 aromatic rings. The maximum absolute atomic E-state index is 15.1. The number of anilines is 2. The van der Waals surface area contributed by atoms with Crippen molar-refractivity contribution in [3.8, 4) is 6.07 Å². The summed E-state index contributed by atoms with van der Waals surface area (Å²) >= 11 is 0. The van der Waals surface area contributed by atoms with E-state index < -0.39 is 24.1 Å². The van der Waals surface area contributed by atoms with Gasteiger partial charge in [0.2, 0.25) is 0 Å². The second kappa shape index (κ2) is 7.01. The maximum Gasteiger partial charge on any atom is 0.303 e. The van der Waals surface area contributed by atoms with Gasteiger partial charge in [0.25, 0.3) is 5.92 Å². The summed E-state index contributed by atoms with van der Waals surface area (Å²) in [4.78, 5) is 19.5. The van der Waals surface area contributed by atoms with Crippen LogP contribution in [0.2, 0.25) is 0 Å². The third kappa shape index (κ3) is 3.06. The number of hydrogen-bond acceptors (Lipinski definition) is 5. The van der Waals surface area contributed by atoms with Crippen molar-refractivity contribution in [2.45, 2.75) is 57.2 Å². The highest BCUT2D eigenvalue weighted by atomic mass is 19.3. The summed E-state index contributed by atoms with van der Waals surface area (Å²) < 4.78 is 44.0. The van der Waals surface area contributed by atoms with E-state index in [2.05, 4.69) is 0 Å². The smallest absolute Gasteiger partial charge is 0.303 e. The number of fused-ring (bicyclic) bond motifs is 3. The summed E-state index contributed by atoms with van der Waals surface area (Å²) in [6.45, 7) is 2.86. The molecule has 2 unspecified atom stereocenters. The van der Waals surface area contributed by atoms with Gasteiger partial charge < -0.3 is 14.9 Å². The van der Waals surface area contributed by atoms with Crippen LogP contribution in [0.15, 0.2) is 0 Å². The number of rotatable bonds is 4. The summed E-state index contributed by atoms with van der Waals surface area (Å²) in [5, 5.41) is 18.9. The lowest BCUT2D eigenvalue weighted by Gasteiger charge is -2.54. The quantitative estimate of drug-likeness (QED) is 0.782. The largest absolute Gasteiger partial charge is 0.481 e. The van der Waals surface area contributed by atoms with Crippen molar-refractivity contribution in [2.75, 3.05) is 29.4 Å². The zero-order valence-electron chi connectivity index (χ0n) is 17.3. The Kier molecular flexibility index (Phi) is 4.61. The normalized spacial score (nSPS) is 33.1. The van der Waals surface area contributed by atoms with Crippen LogP contribution in [0.3, 0.4) is 0 Å². The second-order valence-electron chi connectivity index (χ2n) is 9.49. The number of carbonyl (C=O) groups is 1. The summed E-state index contributed by atoms with van der Waals surface area (Å²) in [7, 11) is 0. The molecule has 6 nitrogen and oxygen atoms in total. The van der Waals surface area contributed by atoms with Crippen molar-refractivity contribution in [1.82, 2.24) is 4.98 Å². The predicted octanol–water partition coefficient (Wildman–Crippen LogP) is 3.47. The van der Waals surface area contributed by atoms with Crippen LogP contribution in [0.5, 0.6) is 0 Å². The number of aromatic nitrogens is 1. The van der Waals surface area contributed by atoms with Crippen molar-refractivity contribution in [3.63, 3.8) is 0 Å². The number of nitriles is 1. The summed E-state index contributed by atoms with van der Waals surface area (Å²) in [6, 6.07) is 1.43. The Labute approximate surface area is 178 Å². The molecule has 0 radical (unpaired) electrons. The van der Waals surface area contributed by atoms with E-state index in [1.807, 2.05) is 11.0 Å². The van der Waals surface area contributed by atoms with E-state index in [1.54, 1.807) is 11.8 Å². The minimum atomic E-state index is -3.13. The first-order chi connectivity index (χ1) is 14.7. The Morgan fingerprint density at radius 3 is 2.58 bits per heavy atom. The van der Waals surface area contributed by atoms with Crippen molar-refractivity contribution in [2.24, 2.45) is 17.8 Å². The zero-order chi connectivity index (χ0) is 22.1. The van der Waals surface area contributed by atoms with Crippen LogP contribution in [0.25, 0.3) is 0 Å². The van der Waals surface area contributed by atoms with Gasteiger partial charge >= 0.3 is 5.97 Å². The molecule has 0 amide bonds. The van der Waals surface area contributed by atoms with Gasteiger partial charge in [0.05, 0.1) is 12.6 Å². The molecule has 6 rings (SSSR count). The number of halogens is 3. The average Bonchev–Trinajstić information content (AvgIpc) is 2.74. The monoisotopic (exact) mass is 434 g/mol. The van der Waals surface area contributed by atoms with E-state index in [-0.39, 0.29) is 54.1 Å². The SMILES string of the molecule is C[C@H]1C(F)CN1c1nc(N2C[C@H]3C[C@@H](C2)C3CC(=O)O)c2c(c1C#N)C(F)(F)CCC2. The molecule has 2 bridgehead atoms. The summed E-state index contributed by atoms with van der Waals surface area (Å²) in [5.74, 6) is -2.79. The Morgan fingerprint density at radius 2 is 2.00 bits per heavy atom. The van der Waals surface area contributed by atoms with Crippen LogP contribution in [0, 0.1) is 29.1 Å². The van der Waals surface area contributed by atoms with E-state index in [9.17, 15) is 14.4 Å². The van der Waals surface area contributed by atoms with Gasteiger partial charge in [-0.3, -0.25) is 4.79 Å². The Balaban J connectivity index is 1.57. The molecule has 9 heteroatoms. The third-order valence-corrected chi connectivity index (χ3v) is 7.75. The Morgan fingerprint density at radius 1 is 1.29 bits per heavy atom. The van der Waals surface area contributed by atoms with E-state index in [1.165, 1.54) is 0 Å². The van der Waals surface area contributed by atoms with E-state index in [4.69, 9.17) is 10.1 Å². The number of alkyl halides is 3. The van der Waals surface area contributed by atoms with Crippen LogP contribution in [0.4, 0.5) is 24.8 Å². The molecule has 166 valence electrons. The molecular weight excluding hydrogens is 409 g/mol. The number of pyridine rings is 1. The average molecular weight is 434 g/mol. The first-order valence-corrected chi connectivity index (χ1v) is 10.9. The Hall–Kier alpha value is -2.50. The number of carboxylic acids is 1. The van der Waals surface area contributed by atoms with Gasteiger partial charge in [-0.1, -0.05) is 0 Å². The highest BCUT2D eigenvalue weighted by Crippen LogP contribution is 2.52. The van der Waals surface area contributed by atoms with Crippen LogP contribution in [-0.4, -0.2) is 47.9 Å². The molecule has 31 heavy (non-hydrogen) atoms. The third-order valence-electron chi connectivity index (χ3n) is 7.75. The van der Waals surface area contributed by atoms with Crippen molar-refractivity contribution in [1.29, 1.82) is 5.26 Å². The highest BCUT2D eigenvalue weighted by molar-refractivity contribution is 5.70. The topological polar surface area (TPSA) is 80.5 Å². The fraction of sp³-hybridized carbons (Fsp3) is 0.682. The number of aliphatic carboxylic acids is 1. The fourth-order valence-corrected chi connectivity index (χ4v) is 5.97. The lowest BCUT2D eigenvalue weighted by Crippen LogP contribution is -2.58. The molecular formula is C22H25F3N4O2. The molecule has 5 atom stereocenters. The molecule has 1 saturated carbocycles. The van der Waals surface area contributed by atoms with Crippen molar-refractivity contribution in [3.05, 3.63) is 16.7 Å². The number of piperidine rings is 2. The standard InChI is InChI=1S/C22H25F3N4O2/c1-11-17(23)10-29(11)21-16(7-26)19-14(3-2-4-22(19,24)25)20(27-21)28-8-12-5-13(9-28)15(12)6-18(30)31/h11-13,15,17H,2-6,8-10H2,1H3,(H,30,31)/t11-,12-,13+,15?,17?/m0/s1. The Bertz CT molecular complexity index is 966. The molecule has 1 aromatic heterocycles. The van der Waals surface area contributed by atoms with Crippen LogP contribution in [0.1, 0.15) is 49.3 Å². The zero-order valence-corrected chi connectivity index (χ0v) is 17.3. The molecule has 4 fully saturated rings. The molecule has 0 spiro atoms. The van der Waals surface area contributed by atoms with E-state index in [0.717, 1.165) is 6.42 Å². The van der Waals surface area contributed by atoms with Gasteiger partial charge in [-0.05, 0) is 43.9 Å². The highest BCUT2D eigenvalue weighted by Gasteiger charge is 2.50. The number of hydrogen-bond donors (Lipinski definition) is 1. The fourth-order valence-electron chi connectivity index (χ4n) is 5.97. The number of nitrogens with zero attached hydrogens (tertiary/aromatic N) is 4. The molecule has 5 aliphatic rings. The van der Waals surface area contributed by atoms with Crippen LogP contribution >= 0.6 is 0 Å². The molecule has 2 aliphatic carbocycles. The minimum Gasteiger partial charge on any atom is -0.481 e. The lowest BCUT2D eigenvalue weighted by atomic mass is 9.60. The first kappa shape index (κ1) is 20.4. The van der Waals surface area contributed by atoms with Crippen molar-refractivity contribution < 1.29 is 23.1 Å². The molecule has 4 heterocycles. The molecule has 3 aliphatic heterocycles.